The molecule has 0 spiro atoms. The summed E-state index contributed by atoms with van der Waals surface area (Å²) in [6.07, 6.45) is 0. The fourth-order valence-electron chi connectivity index (χ4n) is 1.21. The van der Waals surface area contributed by atoms with Crippen LogP contribution in [0.3, 0.4) is 0 Å². The molecule has 2 aromatic rings. The van der Waals surface area contributed by atoms with Gasteiger partial charge in [-0.1, -0.05) is 29.3 Å². The Morgan fingerprint density at radius 3 is 2.69 bits per heavy atom. The lowest BCUT2D eigenvalue weighted by Gasteiger charge is -2.07. The van der Waals surface area contributed by atoms with E-state index < -0.39 is 0 Å². The molecule has 0 saturated heterocycles. The zero-order valence-corrected chi connectivity index (χ0v) is 9.63. The van der Waals surface area contributed by atoms with Crippen molar-refractivity contribution in [3.8, 4) is 0 Å². The second kappa shape index (κ2) is 4.55. The molecule has 16 heavy (non-hydrogen) atoms. The van der Waals surface area contributed by atoms with Gasteiger partial charge in [0.2, 0.25) is 0 Å². The Labute approximate surface area is 102 Å². The number of nitrogens with one attached hydrogen (secondary N) is 1. The van der Waals surface area contributed by atoms with Crippen LogP contribution in [0.15, 0.2) is 30.3 Å². The van der Waals surface area contributed by atoms with Crippen LogP contribution in [-0.4, -0.2) is 10.2 Å². The Morgan fingerprint density at radius 1 is 1.12 bits per heavy atom. The smallest absolute Gasteiger partial charge is 0.175 e. The van der Waals surface area contributed by atoms with E-state index in [1.54, 1.807) is 18.2 Å². The molecule has 0 atom stereocenters. The van der Waals surface area contributed by atoms with E-state index in [1.807, 2.05) is 12.1 Å². The first-order chi connectivity index (χ1) is 7.65. The normalized spacial score (nSPS) is 10.1. The van der Waals surface area contributed by atoms with Crippen molar-refractivity contribution >= 4 is 40.3 Å². The predicted molar refractivity (Wildman–Crippen MR) is 66.2 cm³/mol. The van der Waals surface area contributed by atoms with Crippen molar-refractivity contribution in [1.29, 1.82) is 0 Å². The maximum absolute atomic E-state index is 5.86. The molecule has 0 bridgehead atoms. The molecular formula is C10H8Cl2N4. The highest BCUT2D eigenvalue weighted by atomic mass is 35.5. The fourth-order valence-corrected chi connectivity index (χ4v) is 1.50. The van der Waals surface area contributed by atoms with Gasteiger partial charge in [-0.15, -0.1) is 10.2 Å². The van der Waals surface area contributed by atoms with Crippen LogP contribution in [0.4, 0.5) is 17.1 Å². The van der Waals surface area contributed by atoms with Crippen LogP contribution in [0.25, 0.3) is 0 Å². The third kappa shape index (κ3) is 2.53. The van der Waals surface area contributed by atoms with Crippen molar-refractivity contribution in [2.75, 3.05) is 11.1 Å². The maximum atomic E-state index is 5.86. The van der Waals surface area contributed by atoms with E-state index in [1.165, 1.54) is 0 Å². The number of hydrogen-bond donors (Lipinski definition) is 2. The van der Waals surface area contributed by atoms with Gasteiger partial charge in [-0.25, -0.2) is 0 Å². The lowest BCUT2D eigenvalue weighted by Crippen LogP contribution is -1.95. The standard InChI is InChI=1S/C10H8Cl2N4/c11-9-5-8(10(12)16-15-9)14-7-3-1-2-6(13)4-7/h1-5H,13H2,(H,14,15). The molecule has 0 amide bonds. The summed E-state index contributed by atoms with van der Waals surface area (Å²) >= 11 is 11.6. The van der Waals surface area contributed by atoms with Gasteiger partial charge in [0.05, 0.1) is 5.69 Å². The summed E-state index contributed by atoms with van der Waals surface area (Å²) in [6.45, 7) is 0. The summed E-state index contributed by atoms with van der Waals surface area (Å²) in [5.41, 5.74) is 7.72. The van der Waals surface area contributed by atoms with E-state index in [9.17, 15) is 0 Å². The highest BCUT2D eigenvalue weighted by Gasteiger charge is 2.04. The average Bonchev–Trinajstić information content (AvgIpc) is 2.24. The van der Waals surface area contributed by atoms with Gasteiger partial charge in [0.25, 0.3) is 0 Å². The van der Waals surface area contributed by atoms with Crippen LogP contribution in [0.5, 0.6) is 0 Å². The SMILES string of the molecule is Nc1cccc(Nc2cc(Cl)nnc2Cl)c1. The highest BCUT2D eigenvalue weighted by molar-refractivity contribution is 6.33. The maximum Gasteiger partial charge on any atom is 0.175 e. The van der Waals surface area contributed by atoms with Crippen LogP contribution < -0.4 is 11.1 Å². The number of benzene rings is 1. The number of anilines is 3. The molecule has 6 heteroatoms. The molecule has 82 valence electrons. The number of nitrogens with two attached hydrogens (primary N) is 1. The van der Waals surface area contributed by atoms with Crippen molar-refractivity contribution in [2.24, 2.45) is 0 Å². The summed E-state index contributed by atoms with van der Waals surface area (Å²) in [4.78, 5) is 0. The van der Waals surface area contributed by atoms with E-state index in [4.69, 9.17) is 28.9 Å². The van der Waals surface area contributed by atoms with Gasteiger partial charge in [0.1, 0.15) is 0 Å². The van der Waals surface area contributed by atoms with Gasteiger partial charge in [-0.3, -0.25) is 0 Å². The minimum Gasteiger partial charge on any atom is -0.399 e. The summed E-state index contributed by atoms with van der Waals surface area (Å²) in [5, 5.41) is 10.9. The van der Waals surface area contributed by atoms with Gasteiger partial charge in [-0.2, -0.15) is 0 Å². The first kappa shape index (κ1) is 11.0. The zero-order chi connectivity index (χ0) is 11.5. The molecule has 0 saturated carbocycles. The largest absolute Gasteiger partial charge is 0.399 e. The topological polar surface area (TPSA) is 63.8 Å². The van der Waals surface area contributed by atoms with Crippen molar-refractivity contribution < 1.29 is 0 Å². The van der Waals surface area contributed by atoms with Crippen molar-refractivity contribution in [3.63, 3.8) is 0 Å². The molecule has 0 radical (unpaired) electrons. The van der Waals surface area contributed by atoms with Gasteiger partial charge >= 0.3 is 0 Å². The molecular weight excluding hydrogens is 247 g/mol. The number of halogens is 2. The van der Waals surface area contributed by atoms with Crippen molar-refractivity contribution in [2.45, 2.75) is 0 Å². The molecule has 3 N–H and O–H groups in total. The molecule has 4 nitrogen and oxygen atoms in total. The second-order valence-corrected chi connectivity index (χ2v) is 3.87. The summed E-state index contributed by atoms with van der Waals surface area (Å²) < 4.78 is 0. The van der Waals surface area contributed by atoms with E-state index >= 15 is 0 Å². The Bertz CT molecular complexity index is 516. The van der Waals surface area contributed by atoms with Crippen LogP contribution in [0, 0.1) is 0 Å². The van der Waals surface area contributed by atoms with E-state index in [0.717, 1.165) is 5.69 Å². The second-order valence-electron chi connectivity index (χ2n) is 3.12. The first-order valence-corrected chi connectivity index (χ1v) is 5.22. The number of hydrogen-bond acceptors (Lipinski definition) is 4. The number of aromatic nitrogens is 2. The number of nitrogen functional groups attached to an aromatic ring is 1. The Hall–Kier alpha value is -1.52. The average molecular weight is 255 g/mol. The van der Waals surface area contributed by atoms with Gasteiger partial charge in [0, 0.05) is 17.4 Å². The van der Waals surface area contributed by atoms with Gasteiger partial charge < -0.3 is 11.1 Å². The first-order valence-electron chi connectivity index (χ1n) is 4.46. The molecule has 0 aliphatic rings. The lowest BCUT2D eigenvalue weighted by atomic mass is 10.3. The molecule has 1 heterocycles. The van der Waals surface area contributed by atoms with E-state index in [0.29, 0.717) is 11.4 Å². The summed E-state index contributed by atoms with van der Waals surface area (Å²) in [7, 11) is 0. The van der Waals surface area contributed by atoms with Crippen LogP contribution in [0.2, 0.25) is 10.3 Å². The molecule has 0 aliphatic carbocycles. The fraction of sp³-hybridized carbons (Fsp3) is 0. The molecule has 1 aromatic carbocycles. The lowest BCUT2D eigenvalue weighted by molar-refractivity contribution is 1.03. The van der Waals surface area contributed by atoms with Crippen LogP contribution in [-0.2, 0) is 0 Å². The Morgan fingerprint density at radius 2 is 1.94 bits per heavy atom. The third-order valence-corrected chi connectivity index (χ3v) is 2.35. The summed E-state index contributed by atoms with van der Waals surface area (Å²) in [6, 6.07) is 8.87. The molecule has 2 rings (SSSR count). The van der Waals surface area contributed by atoms with Crippen LogP contribution >= 0.6 is 23.2 Å². The monoisotopic (exact) mass is 254 g/mol. The molecule has 0 aliphatic heterocycles. The zero-order valence-electron chi connectivity index (χ0n) is 8.11. The minimum atomic E-state index is 0.256. The number of rotatable bonds is 2. The minimum absolute atomic E-state index is 0.256. The van der Waals surface area contributed by atoms with Crippen molar-refractivity contribution in [1.82, 2.24) is 10.2 Å². The Balaban J connectivity index is 2.30. The van der Waals surface area contributed by atoms with Gasteiger partial charge in [-0.05, 0) is 18.2 Å². The molecule has 1 aromatic heterocycles. The van der Waals surface area contributed by atoms with E-state index in [-0.39, 0.29) is 10.3 Å². The molecule has 0 fully saturated rings. The van der Waals surface area contributed by atoms with Crippen molar-refractivity contribution in [3.05, 3.63) is 40.6 Å². The number of nitrogens with zero attached hydrogens (tertiary/aromatic N) is 2. The third-order valence-electron chi connectivity index (χ3n) is 1.88. The van der Waals surface area contributed by atoms with E-state index in [2.05, 4.69) is 15.5 Å². The van der Waals surface area contributed by atoms with Gasteiger partial charge in [0.15, 0.2) is 10.3 Å². The molecule has 0 unspecified atom stereocenters. The quantitative estimate of drug-likeness (QED) is 0.809. The summed E-state index contributed by atoms with van der Waals surface area (Å²) in [5.74, 6) is 0. The predicted octanol–water partition coefficient (Wildman–Crippen LogP) is 3.11. The highest BCUT2D eigenvalue weighted by Crippen LogP contribution is 2.25. The Kier molecular flexibility index (Phi) is 3.12. The van der Waals surface area contributed by atoms with Crippen LogP contribution in [0.1, 0.15) is 0 Å².